The molecule has 0 radical (unpaired) electrons. The number of rotatable bonds is 2. The molecule has 0 saturated carbocycles. The van der Waals surface area contributed by atoms with Crippen molar-refractivity contribution in [2.24, 2.45) is 0 Å². The molecule has 15 heavy (non-hydrogen) atoms. The van der Waals surface area contributed by atoms with Gasteiger partial charge in [-0.05, 0) is 18.6 Å². The monoisotopic (exact) mass is 219 g/mol. The molecule has 0 aromatic carbocycles. The first kappa shape index (κ1) is 10.1. The molecule has 0 saturated heterocycles. The number of pyridine rings is 1. The Bertz CT molecular complexity index is 457. The van der Waals surface area contributed by atoms with Gasteiger partial charge in [-0.3, -0.25) is 4.98 Å². The van der Waals surface area contributed by atoms with Crippen molar-refractivity contribution in [3.05, 3.63) is 41.6 Å². The molecule has 0 aliphatic carbocycles. The van der Waals surface area contributed by atoms with Crippen LogP contribution in [0, 0.1) is 0 Å². The lowest BCUT2D eigenvalue weighted by molar-refractivity contribution is 1.05. The summed E-state index contributed by atoms with van der Waals surface area (Å²) in [6, 6.07) is 3.84. The summed E-state index contributed by atoms with van der Waals surface area (Å²) in [5, 5.41) is 0.520. The van der Waals surface area contributed by atoms with Crippen molar-refractivity contribution in [3.8, 4) is 11.3 Å². The normalized spacial score (nSPS) is 10.3. The van der Waals surface area contributed by atoms with Gasteiger partial charge in [0.1, 0.15) is 11.5 Å². The molecular formula is C11H10ClN3. The van der Waals surface area contributed by atoms with E-state index in [9.17, 15) is 0 Å². The molecule has 0 N–H and O–H groups in total. The summed E-state index contributed by atoms with van der Waals surface area (Å²) >= 11 is 6.01. The first-order chi connectivity index (χ1) is 7.33. The summed E-state index contributed by atoms with van der Waals surface area (Å²) in [5.74, 6) is 0. The van der Waals surface area contributed by atoms with Crippen LogP contribution in [0.3, 0.4) is 0 Å². The minimum Gasteiger partial charge on any atom is -0.264 e. The lowest BCUT2D eigenvalue weighted by Crippen LogP contribution is -1.95. The molecular weight excluding hydrogens is 210 g/mol. The van der Waals surface area contributed by atoms with Crippen molar-refractivity contribution in [3.63, 3.8) is 0 Å². The van der Waals surface area contributed by atoms with Gasteiger partial charge in [-0.15, -0.1) is 0 Å². The fourth-order valence-corrected chi connectivity index (χ4v) is 1.72. The maximum atomic E-state index is 6.01. The van der Waals surface area contributed by atoms with Gasteiger partial charge in [0.05, 0.1) is 5.69 Å². The highest BCUT2D eigenvalue weighted by atomic mass is 35.5. The van der Waals surface area contributed by atoms with Crippen LogP contribution in [0.2, 0.25) is 5.15 Å². The average molecular weight is 220 g/mol. The van der Waals surface area contributed by atoms with Crippen LogP contribution >= 0.6 is 11.6 Å². The first-order valence-corrected chi connectivity index (χ1v) is 5.10. The summed E-state index contributed by atoms with van der Waals surface area (Å²) in [6.07, 6.45) is 5.80. The standard InChI is InChI=1S/C11H10ClN3/c1-2-9-10(14-7-15-11(9)12)8-4-3-5-13-6-8/h3-7H,2H2,1H3. The van der Waals surface area contributed by atoms with E-state index in [2.05, 4.69) is 15.0 Å². The average Bonchev–Trinajstić information content (AvgIpc) is 2.30. The topological polar surface area (TPSA) is 38.7 Å². The Kier molecular flexibility index (Phi) is 2.92. The van der Waals surface area contributed by atoms with Crippen molar-refractivity contribution < 1.29 is 0 Å². The molecule has 2 aromatic heterocycles. The van der Waals surface area contributed by atoms with Crippen molar-refractivity contribution in [1.29, 1.82) is 0 Å². The Hall–Kier alpha value is -1.48. The van der Waals surface area contributed by atoms with Gasteiger partial charge in [-0.1, -0.05) is 18.5 Å². The van der Waals surface area contributed by atoms with Gasteiger partial charge in [0.25, 0.3) is 0 Å². The highest BCUT2D eigenvalue weighted by Crippen LogP contribution is 2.24. The molecule has 0 aliphatic rings. The molecule has 0 unspecified atom stereocenters. The quantitative estimate of drug-likeness (QED) is 0.729. The highest BCUT2D eigenvalue weighted by molar-refractivity contribution is 6.30. The van der Waals surface area contributed by atoms with Gasteiger partial charge in [-0.25, -0.2) is 9.97 Å². The largest absolute Gasteiger partial charge is 0.264 e. The first-order valence-electron chi connectivity index (χ1n) is 4.72. The summed E-state index contributed by atoms with van der Waals surface area (Å²) in [7, 11) is 0. The van der Waals surface area contributed by atoms with E-state index in [1.165, 1.54) is 6.33 Å². The number of nitrogens with zero attached hydrogens (tertiary/aromatic N) is 3. The molecule has 0 amide bonds. The van der Waals surface area contributed by atoms with Crippen LogP contribution in [-0.4, -0.2) is 15.0 Å². The van der Waals surface area contributed by atoms with Crippen molar-refractivity contribution >= 4 is 11.6 Å². The zero-order valence-corrected chi connectivity index (χ0v) is 9.07. The Labute approximate surface area is 93.2 Å². The Morgan fingerprint density at radius 1 is 1.33 bits per heavy atom. The Morgan fingerprint density at radius 3 is 2.87 bits per heavy atom. The smallest absolute Gasteiger partial charge is 0.136 e. The van der Waals surface area contributed by atoms with Crippen LogP contribution in [0.4, 0.5) is 0 Å². The van der Waals surface area contributed by atoms with Gasteiger partial charge < -0.3 is 0 Å². The molecule has 2 rings (SSSR count). The van der Waals surface area contributed by atoms with E-state index in [0.717, 1.165) is 23.2 Å². The molecule has 4 heteroatoms. The Balaban J connectivity index is 2.58. The van der Waals surface area contributed by atoms with E-state index < -0.39 is 0 Å². The van der Waals surface area contributed by atoms with E-state index in [1.807, 2.05) is 19.1 Å². The number of hydrogen-bond donors (Lipinski definition) is 0. The van der Waals surface area contributed by atoms with Gasteiger partial charge in [-0.2, -0.15) is 0 Å². The summed E-state index contributed by atoms with van der Waals surface area (Å²) in [4.78, 5) is 12.3. The third-order valence-corrected chi connectivity index (χ3v) is 2.51. The fraction of sp³-hybridized carbons (Fsp3) is 0.182. The summed E-state index contributed by atoms with van der Waals surface area (Å²) in [5.41, 5.74) is 2.80. The molecule has 76 valence electrons. The van der Waals surface area contributed by atoms with Crippen LogP contribution in [0.1, 0.15) is 12.5 Å². The third-order valence-electron chi connectivity index (χ3n) is 2.18. The second-order valence-electron chi connectivity index (χ2n) is 3.09. The highest BCUT2D eigenvalue weighted by Gasteiger charge is 2.09. The second kappa shape index (κ2) is 4.36. The van der Waals surface area contributed by atoms with Crippen molar-refractivity contribution in [1.82, 2.24) is 15.0 Å². The minimum absolute atomic E-state index is 0.520. The molecule has 2 aromatic rings. The lowest BCUT2D eigenvalue weighted by Gasteiger charge is -2.06. The van der Waals surface area contributed by atoms with Crippen LogP contribution in [0.25, 0.3) is 11.3 Å². The van der Waals surface area contributed by atoms with Crippen molar-refractivity contribution in [2.45, 2.75) is 13.3 Å². The van der Waals surface area contributed by atoms with E-state index in [-0.39, 0.29) is 0 Å². The van der Waals surface area contributed by atoms with Gasteiger partial charge in [0.2, 0.25) is 0 Å². The molecule has 0 fully saturated rings. The van der Waals surface area contributed by atoms with Crippen molar-refractivity contribution in [2.75, 3.05) is 0 Å². The Morgan fingerprint density at radius 2 is 2.20 bits per heavy atom. The maximum absolute atomic E-state index is 6.01. The lowest BCUT2D eigenvalue weighted by atomic mass is 10.1. The fourth-order valence-electron chi connectivity index (χ4n) is 1.46. The summed E-state index contributed by atoms with van der Waals surface area (Å²) in [6.45, 7) is 2.03. The molecule has 0 spiro atoms. The maximum Gasteiger partial charge on any atom is 0.136 e. The van der Waals surface area contributed by atoms with Gasteiger partial charge in [0, 0.05) is 23.5 Å². The van der Waals surface area contributed by atoms with E-state index >= 15 is 0 Å². The van der Waals surface area contributed by atoms with Crippen LogP contribution in [-0.2, 0) is 6.42 Å². The van der Waals surface area contributed by atoms with E-state index in [0.29, 0.717) is 5.15 Å². The molecule has 3 nitrogen and oxygen atoms in total. The van der Waals surface area contributed by atoms with Gasteiger partial charge >= 0.3 is 0 Å². The van der Waals surface area contributed by atoms with E-state index in [1.54, 1.807) is 12.4 Å². The molecule has 0 bridgehead atoms. The number of halogens is 1. The summed E-state index contributed by atoms with van der Waals surface area (Å²) < 4.78 is 0. The number of aromatic nitrogens is 3. The van der Waals surface area contributed by atoms with Crippen LogP contribution in [0.15, 0.2) is 30.9 Å². The minimum atomic E-state index is 0.520. The number of hydrogen-bond acceptors (Lipinski definition) is 3. The van der Waals surface area contributed by atoms with E-state index in [4.69, 9.17) is 11.6 Å². The second-order valence-corrected chi connectivity index (χ2v) is 3.44. The predicted molar refractivity (Wildman–Crippen MR) is 59.7 cm³/mol. The van der Waals surface area contributed by atoms with Gasteiger partial charge in [0.15, 0.2) is 0 Å². The SMILES string of the molecule is CCc1c(Cl)ncnc1-c1cccnc1. The zero-order chi connectivity index (χ0) is 10.7. The predicted octanol–water partition coefficient (Wildman–Crippen LogP) is 2.75. The van der Waals surface area contributed by atoms with Crippen LogP contribution in [0.5, 0.6) is 0 Å². The molecule has 2 heterocycles. The zero-order valence-electron chi connectivity index (χ0n) is 8.31. The molecule has 0 aliphatic heterocycles. The third kappa shape index (κ3) is 1.97. The van der Waals surface area contributed by atoms with Crippen LogP contribution < -0.4 is 0 Å². The molecule has 0 atom stereocenters.